The molecule has 0 amide bonds. The number of halogens is 1. The summed E-state index contributed by atoms with van der Waals surface area (Å²) in [7, 11) is 0. The topological polar surface area (TPSA) is 30.2 Å². The molecule has 0 saturated heterocycles. The van der Waals surface area contributed by atoms with Gasteiger partial charge in [-0.15, -0.1) is 0 Å². The number of hydrogen-bond acceptors (Lipinski definition) is 2. The molecule has 0 fully saturated rings. The number of aryl methyl sites for hydroxylation is 2. The fourth-order valence-corrected chi connectivity index (χ4v) is 0.763. The highest BCUT2D eigenvalue weighted by molar-refractivity contribution is 6.67. The lowest BCUT2D eigenvalue weighted by atomic mass is 10.3. The molecule has 0 N–H and O–H groups in total. The van der Waals surface area contributed by atoms with Crippen LogP contribution < -0.4 is 0 Å². The molecule has 0 unspecified atom stereocenters. The molecule has 1 aromatic heterocycles. The molecule has 54 valence electrons. The third kappa shape index (κ3) is 1.21. The van der Waals surface area contributed by atoms with Crippen molar-refractivity contribution in [1.82, 2.24) is 0 Å². The van der Waals surface area contributed by atoms with Crippen molar-refractivity contribution in [2.45, 2.75) is 13.8 Å². The van der Waals surface area contributed by atoms with Crippen molar-refractivity contribution in [2.24, 2.45) is 0 Å². The summed E-state index contributed by atoms with van der Waals surface area (Å²) in [5.41, 5.74) is 0.948. The molecule has 10 heavy (non-hydrogen) atoms. The second-order valence-corrected chi connectivity index (χ2v) is 2.47. The first-order valence-electron chi connectivity index (χ1n) is 2.88. The van der Waals surface area contributed by atoms with Crippen molar-refractivity contribution >= 4 is 16.8 Å². The molecular formula is C7H7ClO2. The zero-order valence-electron chi connectivity index (χ0n) is 5.77. The predicted molar refractivity (Wildman–Crippen MR) is 38.4 cm³/mol. The van der Waals surface area contributed by atoms with Gasteiger partial charge in [0.05, 0.1) is 0 Å². The van der Waals surface area contributed by atoms with Crippen LogP contribution in [-0.4, -0.2) is 5.24 Å². The molecule has 1 aromatic rings. The van der Waals surface area contributed by atoms with E-state index in [9.17, 15) is 4.79 Å². The predicted octanol–water partition coefficient (Wildman–Crippen LogP) is 2.28. The van der Waals surface area contributed by atoms with Gasteiger partial charge in [-0.3, -0.25) is 4.79 Å². The molecule has 0 bridgehead atoms. The normalized spacial score (nSPS) is 9.90. The Morgan fingerprint density at radius 3 is 2.40 bits per heavy atom. The van der Waals surface area contributed by atoms with Gasteiger partial charge in [0.15, 0.2) is 5.76 Å². The van der Waals surface area contributed by atoms with E-state index >= 15 is 0 Å². The molecule has 0 aliphatic carbocycles. The maximum absolute atomic E-state index is 10.5. The minimum Gasteiger partial charge on any atom is -0.457 e. The van der Waals surface area contributed by atoms with Crippen LogP contribution in [0.2, 0.25) is 0 Å². The van der Waals surface area contributed by atoms with Gasteiger partial charge in [-0.05, 0) is 37.1 Å². The summed E-state index contributed by atoms with van der Waals surface area (Å²) in [6.07, 6.45) is 0. The van der Waals surface area contributed by atoms with Crippen molar-refractivity contribution in [3.05, 3.63) is 23.2 Å². The Bertz CT molecular complexity index is 243. The Balaban J connectivity index is 3.10. The molecule has 2 nitrogen and oxygen atoms in total. The summed E-state index contributed by atoms with van der Waals surface area (Å²) < 4.78 is 4.99. The summed E-state index contributed by atoms with van der Waals surface area (Å²) in [6.45, 7) is 3.65. The summed E-state index contributed by atoms with van der Waals surface area (Å²) in [4.78, 5) is 10.5. The lowest BCUT2D eigenvalue weighted by Gasteiger charge is -1.82. The summed E-state index contributed by atoms with van der Waals surface area (Å²) in [6, 6.07) is 1.63. The van der Waals surface area contributed by atoms with Gasteiger partial charge in [0.1, 0.15) is 5.76 Å². The van der Waals surface area contributed by atoms with Crippen molar-refractivity contribution in [1.29, 1.82) is 0 Å². The fourth-order valence-electron chi connectivity index (χ4n) is 0.670. The summed E-state index contributed by atoms with van der Waals surface area (Å²) in [5.74, 6) is 0.959. The molecule has 0 spiro atoms. The number of carbonyl (C=O) groups is 1. The van der Waals surface area contributed by atoms with E-state index in [4.69, 9.17) is 16.0 Å². The fraction of sp³-hybridized carbons (Fsp3) is 0.286. The van der Waals surface area contributed by atoms with Crippen molar-refractivity contribution in [3.8, 4) is 0 Å². The lowest BCUT2D eigenvalue weighted by Crippen LogP contribution is -1.81. The first-order chi connectivity index (χ1) is 4.61. The Hall–Kier alpha value is -0.760. The quantitative estimate of drug-likeness (QED) is 0.587. The van der Waals surface area contributed by atoms with Gasteiger partial charge in [-0.25, -0.2) is 0 Å². The number of rotatable bonds is 1. The minimum absolute atomic E-state index is 0.219. The van der Waals surface area contributed by atoms with E-state index in [-0.39, 0.29) is 5.76 Å². The van der Waals surface area contributed by atoms with Crippen LogP contribution >= 0.6 is 11.6 Å². The van der Waals surface area contributed by atoms with E-state index in [0.717, 1.165) is 11.3 Å². The monoisotopic (exact) mass is 158 g/mol. The Labute approximate surface area is 63.8 Å². The van der Waals surface area contributed by atoms with Gasteiger partial charge in [-0.2, -0.15) is 0 Å². The third-order valence-electron chi connectivity index (χ3n) is 1.36. The van der Waals surface area contributed by atoms with Crippen LogP contribution in [0.4, 0.5) is 0 Å². The van der Waals surface area contributed by atoms with Gasteiger partial charge in [-0.1, -0.05) is 0 Å². The van der Waals surface area contributed by atoms with Crippen LogP contribution in [0, 0.1) is 13.8 Å². The van der Waals surface area contributed by atoms with E-state index in [2.05, 4.69) is 0 Å². The highest BCUT2D eigenvalue weighted by Gasteiger charge is 2.08. The van der Waals surface area contributed by atoms with E-state index in [1.165, 1.54) is 0 Å². The molecule has 0 atom stereocenters. The van der Waals surface area contributed by atoms with E-state index < -0.39 is 5.24 Å². The second-order valence-electron chi connectivity index (χ2n) is 2.12. The van der Waals surface area contributed by atoms with Gasteiger partial charge < -0.3 is 4.42 Å². The van der Waals surface area contributed by atoms with Gasteiger partial charge >= 0.3 is 0 Å². The van der Waals surface area contributed by atoms with Crippen LogP contribution in [-0.2, 0) is 0 Å². The van der Waals surface area contributed by atoms with E-state index in [0.29, 0.717) is 0 Å². The van der Waals surface area contributed by atoms with Crippen LogP contribution in [0.25, 0.3) is 0 Å². The van der Waals surface area contributed by atoms with Crippen molar-refractivity contribution in [2.75, 3.05) is 0 Å². The maximum Gasteiger partial charge on any atom is 0.287 e. The van der Waals surface area contributed by atoms with Gasteiger partial charge in [0.2, 0.25) is 0 Å². The maximum atomic E-state index is 10.5. The molecule has 0 aliphatic heterocycles. The zero-order valence-corrected chi connectivity index (χ0v) is 6.53. The Kier molecular flexibility index (Phi) is 1.81. The Morgan fingerprint density at radius 1 is 1.60 bits per heavy atom. The average Bonchev–Trinajstić information content (AvgIpc) is 2.13. The molecule has 0 radical (unpaired) electrons. The molecule has 1 rings (SSSR count). The number of furan rings is 1. The van der Waals surface area contributed by atoms with Crippen molar-refractivity contribution < 1.29 is 9.21 Å². The van der Waals surface area contributed by atoms with E-state index in [1.54, 1.807) is 13.0 Å². The van der Waals surface area contributed by atoms with E-state index in [1.807, 2.05) is 6.92 Å². The van der Waals surface area contributed by atoms with Gasteiger partial charge in [0, 0.05) is 0 Å². The lowest BCUT2D eigenvalue weighted by molar-refractivity contribution is 0.105. The molecule has 1 heterocycles. The second kappa shape index (κ2) is 2.46. The standard InChI is InChI=1S/C7H7ClO2/c1-4-3-6(7(8)9)10-5(4)2/h3H,1-2H3. The minimum atomic E-state index is -0.545. The van der Waals surface area contributed by atoms with Crippen LogP contribution in [0.5, 0.6) is 0 Å². The summed E-state index contributed by atoms with van der Waals surface area (Å²) in [5, 5.41) is -0.545. The Morgan fingerprint density at radius 2 is 2.20 bits per heavy atom. The molecule has 0 saturated carbocycles. The molecular weight excluding hydrogens is 152 g/mol. The molecule has 0 aromatic carbocycles. The third-order valence-corrected chi connectivity index (χ3v) is 1.55. The average molecular weight is 159 g/mol. The van der Waals surface area contributed by atoms with Crippen LogP contribution in [0.1, 0.15) is 21.9 Å². The number of hydrogen-bond donors (Lipinski definition) is 0. The van der Waals surface area contributed by atoms with Crippen molar-refractivity contribution in [3.63, 3.8) is 0 Å². The first-order valence-corrected chi connectivity index (χ1v) is 3.26. The number of carbonyl (C=O) groups excluding carboxylic acids is 1. The molecule has 3 heteroatoms. The first kappa shape index (κ1) is 7.35. The zero-order chi connectivity index (χ0) is 7.72. The van der Waals surface area contributed by atoms with Crippen LogP contribution in [0.15, 0.2) is 10.5 Å². The SMILES string of the molecule is Cc1cc(C(=O)Cl)oc1C. The van der Waals surface area contributed by atoms with Gasteiger partial charge in [0.25, 0.3) is 5.24 Å². The summed E-state index contributed by atoms with van der Waals surface area (Å²) >= 11 is 5.16. The smallest absolute Gasteiger partial charge is 0.287 e. The molecule has 0 aliphatic rings. The largest absolute Gasteiger partial charge is 0.457 e. The highest BCUT2D eigenvalue weighted by Crippen LogP contribution is 2.14. The van der Waals surface area contributed by atoms with Crippen LogP contribution in [0.3, 0.4) is 0 Å². The highest BCUT2D eigenvalue weighted by atomic mass is 35.5.